The molecule has 0 N–H and O–H groups in total. The van der Waals surface area contributed by atoms with Crippen molar-refractivity contribution in [1.29, 1.82) is 0 Å². The van der Waals surface area contributed by atoms with E-state index in [1.165, 1.54) is 16.7 Å². The Morgan fingerprint density at radius 1 is 0.630 bits per heavy atom. The highest BCUT2D eigenvalue weighted by Gasteiger charge is 2.16. The van der Waals surface area contributed by atoms with Crippen molar-refractivity contribution in [2.24, 2.45) is 0 Å². The van der Waals surface area contributed by atoms with Crippen LogP contribution in [0.4, 0.5) is 0 Å². The van der Waals surface area contributed by atoms with Crippen molar-refractivity contribution in [2.75, 3.05) is 0 Å². The molecule has 2 nitrogen and oxygen atoms in total. The van der Waals surface area contributed by atoms with E-state index in [1.807, 2.05) is 0 Å². The molecule has 0 bridgehead atoms. The van der Waals surface area contributed by atoms with Crippen molar-refractivity contribution in [1.82, 2.24) is 9.97 Å². The highest BCUT2D eigenvalue weighted by atomic mass is 79.9. The van der Waals surface area contributed by atoms with Gasteiger partial charge in [-0.2, -0.15) is 0 Å². The van der Waals surface area contributed by atoms with Gasteiger partial charge in [-0.15, -0.1) is 0 Å². The van der Waals surface area contributed by atoms with Gasteiger partial charge in [-0.05, 0) is 44.9 Å². The summed E-state index contributed by atoms with van der Waals surface area (Å²) in [5.41, 5.74) is 10.7. The molecule has 0 spiro atoms. The Morgan fingerprint density at radius 3 is 1.63 bits per heavy atom. The smallest absolute Gasteiger partial charge is 0.0973 e. The van der Waals surface area contributed by atoms with E-state index in [0.717, 1.165) is 43.6 Å². The maximum absolute atomic E-state index is 5.09. The SMILES string of the molecule is Cc1ccc(-c2nc3cc(Br)c(C)c(C)c3nc2-c2ccc(C)cc2)cc1. The first-order valence-electron chi connectivity index (χ1n) is 9.05. The quantitative estimate of drug-likeness (QED) is 0.352. The molecule has 134 valence electrons. The monoisotopic (exact) mass is 416 g/mol. The first-order chi connectivity index (χ1) is 12.9. The van der Waals surface area contributed by atoms with E-state index in [1.54, 1.807) is 0 Å². The number of fused-ring (bicyclic) bond motifs is 1. The fourth-order valence-corrected chi connectivity index (χ4v) is 3.75. The summed E-state index contributed by atoms with van der Waals surface area (Å²) in [6, 6.07) is 19.1. The third-order valence-corrected chi connectivity index (χ3v) is 5.94. The summed E-state index contributed by atoms with van der Waals surface area (Å²) in [5.74, 6) is 0. The van der Waals surface area contributed by atoms with Crippen LogP contribution in [0.25, 0.3) is 33.5 Å². The second-order valence-electron chi connectivity index (χ2n) is 7.13. The molecule has 4 rings (SSSR count). The maximum atomic E-state index is 5.09. The molecule has 0 aliphatic carbocycles. The molecule has 0 aliphatic rings. The predicted octanol–water partition coefficient (Wildman–Crippen LogP) is 6.96. The lowest BCUT2D eigenvalue weighted by Crippen LogP contribution is -1.98. The second-order valence-corrected chi connectivity index (χ2v) is 7.98. The van der Waals surface area contributed by atoms with E-state index in [0.29, 0.717) is 0 Å². The third kappa shape index (κ3) is 3.28. The minimum absolute atomic E-state index is 0.913. The first-order valence-corrected chi connectivity index (χ1v) is 9.85. The molecule has 0 amide bonds. The fourth-order valence-electron chi connectivity index (χ4n) is 3.24. The Bertz CT molecular complexity index is 1140. The summed E-state index contributed by atoms with van der Waals surface area (Å²) in [6.07, 6.45) is 0. The van der Waals surface area contributed by atoms with Crippen molar-refractivity contribution >= 4 is 27.0 Å². The largest absolute Gasteiger partial charge is 0.244 e. The van der Waals surface area contributed by atoms with Crippen molar-refractivity contribution in [2.45, 2.75) is 27.7 Å². The molecular weight excluding hydrogens is 396 g/mol. The van der Waals surface area contributed by atoms with Crippen molar-refractivity contribution in [3.63, 3.8) is 0 Å². The van der Waals surface area contributed by atoms with Gasteiger partial charge in [0.15, 0.2) is 0 Å². The highest BCUT2D eigenvalue weighted by Crippen LogP contribution is 2.34. The van der Waals surface area contributed by atoms with Gasteiger partial charge in [0.1, 0.15) is 0 Å². The zero-order valence-electron chi connectivity index (χ0n) is 16.0. The van der Waals surface area contributed by atoms with E-state index in [2.05, 4.69) is 98.2 Å². The Kier molecular flexibility index (Phi) is 4.56. The molecule has 3 aromatic carbocycles. The van der Waals surface area contributed by atoms with E-state index in [-0.39, 0.29) is 0 Å². The lowest BCUT2D eigenvalue weighted by molar-refractivity contribution is 1.24. The molecular formula is C24H21BrN2. The Hall–Kier alpha value is -2.52. The zero-order valence-corrected chi connectivity index (χ0v) is 17.6. The van der Waals surface area contributed by atoms with Gasteiger partial charge in [0.2, 0.25) is 0 Å². The van der Waals surface area contributed by atoms with Gasteiger partial charge >= 0.3 is 0 Å². The van der Waals surface area contributed by atoms with Crippen LogP contribution in [-0.4, -0.2) is 9.97 Å². The van der Waals surface area contributed by atoms with Crippen LogP contribution in [-0.2, 0) is 0 Å². The number of nitrogens with zero attached hydrogens (tertiary/aromatic N) is 2. The van der Waals surface area contributed by atoms with Crippen molar-refractivity contribution in [3.8, 4) is 22.5 Å². The van der Waals surface area contributed by atoms with Gasteiger partial charge in [-0.25, -0.2) is 9.97 Å². The molecule has 0 aliphatic heterocycles. The summed E-state index contributed by atoms with van der Waals surface area (Å²) >= 11 is 3.66. The van der Waals surface area contributed by atoms with Crippen LogP contribution in [0.5, 0.6) is 0 Å². The molecule has 4 aromatic rings. The molecule has 1 heterocycles. The predicted molar refractivity (Wildman–Crippen MR) is 117 cm³/mol. The van der Waals surface area contributed by atoms with Crippen LogP contribution in [0.15, 0.2) is 59.1 Å². The van der Waals surface area contributed by atoms with Gasteiger partial charge in [-0.1, -0.05) is 75.6 Å². The van der Waals surface area contributed by atoms with E-state index < -0.39 is 0 Å². The molecule has 0 atom stereocenters. The highest BCUT2D eigenvalue weighted by molar-refractivity contribution is 9.10. The van der Waals surface area contributed by atoms with Crippen LogP contribution in [0.2, 0.25) is 0 Å². The molecule has 0 saturated carbocycles. The number of hydrogen-bond donors (Lipinski definition) is 0. The van der Waals surface area contributed by atoms with Gasteiger partial charge < -0.3 is 0 Å². The number of aromatic nitrogens is 2. The second kappa shape index (κ2) is 6.90. The van der Waals surface area contributed by atoms with Crippen LogP contribution >= 0.6 is 15.9 Å². The van der Waals surface area contributed by atoms with E-state index >= 15 is 0 Å². The molecule has 0 fully saturated rings. The summed E-state index contributed by atoms with van der Waals surface area (Å²) in [5, 5.41) is 0. The topological polar surface area (TPSA) is 25.8 Å². The van der Waals surface area contributed by atoms with E-state index in [4.69, 9.17) is 9.97 Å². The molecule has 3 heteroatoms. The average molecular weight is 417 g/mol. The number of aryl methyl sites for hydroxylation is 3. The molecule has 27 heavy (non-hydrogen) atoms. The summed E-state index contributed by atoms with van der Waals surface area (Å²) < 4.78 is 1.07. The lowest BCUT2D eigenvalue weighted by atomic mass is 10.0. The lowest BCUT2D eigenvalue weighted by Gasteiger charge is -2.14. The Balaban J connectivity index is 2.06. The fraction of sp³-hybridized carbons (Fsp3) is 0.167. The third-order valence-electron chi connectivity index (χ3n) is 5.11. The first kappa shape index (κ1) is 17.9. The van der Waals surface area contributed by atoms with Crippen LogP contribution in [0.3, 0.4) is 0 Å². The molecule has 0 radical (unpaired) electrons. The number of hydrogen-bond acceptors (Lipinski definition) is 2. The summed E-state index contributed by atoms with van der Waals surface area (Å²) in [7, 11) is 0. The minimum Gasteiger partial charge on any atom is -0.244 e. The van der Waals surface area contributed by atoms with Gasteiger partial charge in [0.05, 0.1) is 22.4 Å². The van der Waals surface area contributed by atoms with Gasteiger partial charge in [0, 0.05) is 15.6 Å². The Morgan fingerprint density at radius 2 is 1.11 bits per heavy atom. The van der Waals surface area contributed by atoms with Crippen LogP contribution in [0.1, 0.15) is 22.3 Å². The van der Waals surface area contributed by atoms with Gasteiger partial charge in [0.25, 0.3) is 0 Å². The van der Waals surface area contributed by atoms with Crippen molar-refractivity contribution in [3.05, 3.63) is 81.3 Å². The van der Waals surface area contributed by atoms with Crippen LogP contribution in [0, 0.1) is 27.7 Å². The van der Waals surface area contributed by atoms with Crippen LogP contribution < -0.4 is 0 Å². The minimum atomic E-state index is 0.913. The summed E-state index contributed by atoms with van der Waals surface area (Å²) in [4.78, 5) is 10.1. The average Bonchev–Trinajstić information content (AvgIpc) is 2.67. The van der Waals surface area contributed by atoms with E-state index in [9.17, 15) is 0 Å². The Labute approximate surface area is 168 Å². The van der Waals surface area contributed by atoms with Gasteiger partial charge in [-0.3, -0.25) is 0 Å². The molecule has 0 unspecified atom stereocenters. The number of halogens is 1. The number of benzene rings is 3. The normalized spacial score (nSPS) is 11.1. The maximum Gasteiger partial charge on any atom is 0.0973 e. The number of rotatable bonds is 2. The molecule has 0 saturated heterocycles. The van der Waals surface area contributed by atoms with Crippen molar-refractivity contribution < 1.29 is 0 Å². The molecule has 1 aromatic heterocycles. The summed E-state index contributed by atoms with van der Waals surface area (Å²) in [6.45, 7) is 8.42. The zero-order chi connectivity index (χ0) is 19.1. The standard InChI is InChI=1S/C24H21BrN2/c1-14-5-9-18(10-6-14)23-24(19-11-7-15(2)8-12-19)27-22-17(4)16(3)20(25)13-21(22)26-23/h5-13H,1-4H3.